The van der Waals surface area contributed by atoms with E-state index < -0.39 is 15.8 Å². The summed E-state index contributed by atoms with van der Waals surface area (Å²) in [5.41, 5.74) is 0.942. The molecule has 0 aliphatic carbocycles. The standard InChI is InChI=1S/C9H11BrFNO2S/c1-3-15(13,14)12-9-5-7(10)8(11)4-6(9)2/h4-5,12H,3H2,1-2H3. The van der Waals surface area contributed by atoms with Crippen LogP contribution in [-0.4, -0.2) is 14.2 Å². The Morgan fingerprint density at radius 1 is 1.47 bits per heavy atom. The van der Waals surface area contributed by atoms with Crippen LogP contribution in [0, 0.1) is 12.7 Å². The molecule has 0 saturated carbocycles. The van der Waals surface area contributed by atoms with E-state index in [9.17, 15) is 12.8 Å². The van der Waals surface area contributed by atoms with Crippen molar-refractivity contribution in [2.75, 3.05) is 10.5 Å². The van der Waals surface area contributed by atoms with Gasteiger partial charge in [0.2, 0.25) is 10.0 Å². The van der Waals surface area contributed by atoms with Crippen molar-refractivity contribution in [3.63, 3.8) is 0 Å². The average Bonchev–Trinajstić information content (AvgIpc) is 2.14. The van der Waals surface area contributed by atoms with Crippen molar-refractivity contribution < 1.29 is 12.8 Å². The van der Waals surface area contributed by atoms with Crippen molar-refractivity contribution in [2.45, 2.75) is 13.8 Å². The van der Waals surface area contributed by atoms with Crippen LogP contribution in [0.4, 0.5) is 10.1 Å². The third-order valence-electron chi connectivity index (χ3n) is 1.91. The lowest BCUT2D eigenvalue weighted by molar-refractivity contribution is 0.602. The third-order valence-corrected chi connectivity index (χ3v) is 3.81. The molecule has 84 valence electrons. The Hall–Kier alpha value is -0.620. The Labute approximate surface area is 96.9 Å². The third kappa shape index (κ3) is 3.17. The summed E-state index contributed by atoms with van der Waals surface area (Å²) >= 11 is 3.00. The molecule has 1 aromatic carbocycles. The van der Waals surface area contributed by atoms with Gasteiger partial charge in [-0.2, -0.15) is 0 Å². The van der Waals surface area contributed by atoms with E-state index in [1.54, 1.807) is 6.92 Å². The van der Waals surface area contributed by atoms with Crippen LogP contribution in [0.1, 0.15) is 12.5 Å². The fourth-order valence-electron chi connectivity index (χ4n) is 0.996. The number of sulfonamides is 1. The molecule has 1 rings (SSSR count). The number of benzene rings is 1. The van der Waals surface area contributed by atoms with E-state index in [2.05, 4.69) is 20.7 Å². The molecule has 0 heterocycles. The maximum atomic E-state index is 13.1. The van der Waals surface area contributed by atoms with Crippen molar-refractivity contribution >= 4 is 31.6 Å². The van der Waals surface area contributed by atoms with E-state index in [-0.39, 0.29) is 10.2 Å². The number of halogens is 2. The van der Waals surface area contributed by atoms with Gasteiger partial charge in [0.1, 0.15) is 5.82 Å². The van der Waals surface area contributed by atoms with Gasteiger partial charge in [-0.25, -0.2) is 12.8 Å². The highest BCUT2D eigenvalue weighted by atomic mass is 79.9. The molecule has 15 heavy (non-hydrogen) atoms. The van der Waals surface area contributed by atoms with Gasteiger partial charge in [0.25, 0.3) is 0 Å². The largest absolute Gasteiger partial charge is 0.283 e. The summed E-state index contributed by atoms with van der Waals surface area (Å²) in [5.74, 6) is -0.423. The second-order valence-corrected chi connectivity index (χ2v) is 5.95. The molecule has 1 aromatic rings. The zero-order chi connectivity index (χ0) is 11.6. The van der Waals surface area contributed by atoms with E-state index >= 15 is 0 Å². The summed E-state index contributed by atoms with van der Waals surface area (Å²) in [6.45, 7) is 3.18. The zero-order valence-corrected chi connectivity index (χ0v) is 10.7. The summed E-state index contributed by atoms with van der Waals surface area (Å²) in [6, 6.07) is 2.69. The number of hydrogen-bond acceptors (Lipinski definition) is 2. The van der Waals surface area contributed by atoms with Crippen molar-refractivity contribution in [1.29, 1.82) is 0 Å². The lowest BCUT2D eigenvalue weighted by atomic mass is 10.2. The number of hydrogen-bond donors (Lipinski definition) is 1. The number of nitrogens with one attached hydrogen (secondary N) is 1. The van der Waals surface area contributed by atoms with Crippen LogP contribution in [0.25, 0.3) is 0 Å². The summed E-state index contributed by atoms with van der Waals surface area (Å²) < 4.78 is 38.3. The Morgan fingerprint density at radius 3 is 2.60 bits per heavy atom. The second kappa shape index (κ2) is 4.49. The first-order valence-electron chi connectivity index (χ1n) is 4.32. The van der Waals surface area contributed by atoms with Crippen molar-refractivity contribution in [3.8, 4) is 0 Å². The first kappa shape index (κ1) is 12.4. The summed E-state index contributed by atoms with van der Waals surface area (Å²) in [4.78, 5) is 0. The molecule has 6 heteroatoms. The molecule has 0 aliphatic heterocycles. The highest BCUT2D eigenvalue weighted by Crippen LogP contribution is 2.24. The van der Waals surface area contributed by atoms with Gasteiger partial charge in [-0.15, -0.1) is 0 Å². The lowest BCUT2D eigenvalue weighted by Crippen LogP contribution is -2.15. The quantitative estimate of drug-likeness (QED) is 0.932. The van der Waals surface area contributed by atoms with Gasteiger partial charge in [0, 0.05) is 0 Å². The molecular formula is C9H11BrFNO2S. The number of anilines is 1. The fourth-order valence-corrected chi connectivity index (χ4v) is 2.04. The molecule has 0 unspecified atom stereocenters. The topological polar surface area (TPSA) is 46.2 Å². The Morgan fingerprint density at radius 2 is 2.07 bits per heavy atom. The van der Waals surface area contributed by atoms with Gasteiger partial charge in [0.05, 0.1) is 15.9 Å². The normalized spacial score (nSPS) is 11.5. The van der Waals surface area contributed by atoms with Crippen molar-refractivity contribution in [2.24, 2.45) is 0 Å². The van der Waals surface area contributed by atoms with E-state index in [0.717, 1.165) is 0 Å². The molecule has 0 amide bonds. The van der Waals surface area contributed by atoms with Gasteiger partial charge >= 0.3 is 0 Å². The second-order valence-electron chi connectivity index (χ2n) is 3.09. The molecule has 0 atom stereocenters. The molecule has 0 aromatic heterocycles. The van der Waals surface area contributed by atoms with E-state index in [0.29, 0.717) is 11.3 Å². The minimum absolute atomic E-state index is 0.0125. The fraction of sp³-hybridized carbons (Fsp3) is 0.333. The monoisotopic (exact) mass is 295 g/mol. The van der Waals surface area contributed by atoms with E-state index in [1.807, 2.05) is 0 Å². The minimum atomic E-state index is -3.32. The SMILES string of the molecule is CCS(=O)(=O)Nc1cc(Br)c(F)cc1C. The maximum absolute atomic E-state index is 13.1. The van der Waals surface area contributed by atoms with Crippen LogP contribution in [0.5, 0.6) is 0 Å². The van der Waals surface area contributed by atoms with Gasteiger partial charge in [-0.3, -0.25) is 4.72 Å². The summed E-state index contributed by atoms with van der Waals surface area (Å²) in [6.07, 6.45) is 0. The molecule has 0 fully saturated rings. The number of aryl methyl sites for hydroxylation is 1. The van der Waals surface area contributed by atoms with Gasteiger partial charge < -0.3 is 0 Å². The molecule has 0 saturated heterocycles. The summed E-state index contributed by atoms with van der Waals surface area (Å²) in [7, 11) is -3.32. The van der Waals surface area contributed by atoms with Crippen LogP contribution < -0.4 is 4.72 Å². The van der Waals surface area contributed by atoms with Crippen molar-refractivity contribution in [3.05, 3.63) is 28.0 Å². The highest BCUT2D eigenvalue weighted by Gasteiger charge is 2.11. The zero-order valence-electron chi connectivity index (χ0n) is 8.34. The van der Waals surface area contributed by atoms with Crippen molar-refractivity contribution in [1.82, 2.24) is 0 Å². The molecule has 0 radical (unpaired) electrons. The smallest absolute Gasteiger partial charge is 0.232 e. The molecular weight excluding hydrogens is 285 g/mol. The molecule has 3 nitrogen and oxygen atoms in total. The van der Waals surface area contributed by atoms with Crippen LogP contribution in [-0.2, 0) is 10.0 Å². The van der Waals surface area contributed by atoms with Crippen LogP contribution in [0.15, 0.2) is 16.6 Å². The Kier molecular flexibility index (Phi) is 3.72. The number of rotatable bonds is 3. The van der Waals surface area contributed by atoms with E-state index in [1.165, 1.54) is 19.1 Å². The van der Waals surface area contributed by atoms with Crippen LogP contribution in [0.2, 0.25) is 0 Å². The van der Waals surface area contributed by atoms with Gasteiger partial charge in [-0.1, -0.05) is 0 Å². The highest BCUT2D eigenvalue weighted by molar-refractivity contribution is 9.10. The maximum Gasteiger partial charge on any atom is 0.232 e. The van der Waals surface area contributed by atoms with E-state index in [4.69, 9.17) is 0 Å². The molecule has 0 bridgehead atoms. The Bertz CT molecular complexity index is 473. The lowest BCUT2D eigenvalue weighted by Gasteiger charge is -2.09. The molecule has 0 spiro atoms. The Balaban J connectivity index is 3.12. The predicted molar refractivity (Wildman–Crippen MR) is 61.9 cm³/mol. The molecule has 0 aliphatic rings. The average molecular weight is 296 g/mol. The first-order chi connectivity index (χ1) is 6.85. The first-order valence-corrected chi connectivity index (χ1v) is 6.76. The van der Waals surface area contributed by atoms with Crippen LogP contribution in [0.3, 0.4) is 0 Å². The van der Waals surface area contributed by atoms with Gasteiger partial charge in [0.15, 0.2) is 0 Å². The predicted octanol–water partition coefficient (Wildman–Crippen LogP) is 2.66. The molecule has 1 N–H and O–H groups in total. The minimum Gasteiger partial charge on any atom is -0.283 e. The van der Waals surface area contributed by atoms with Gasteiger partial charge in [-0.05, 0) is 47.5 Å². The summed E-state index contributed by atoms with van der Waals surface area (Å²) in [5, 5.41) is 0. The van der Waals surface area contributed by atoms with Crippen LogP contribution >= 0.6 is 15.9 Å².